The fraction of sp³-hybridized carbons (Fsp3) is 0.154. The molecule has 0 radical (unpaired) electrons. The Morgan fingerprint density at radius 1 is 1.43 bits per heavy atom. The van der Waals surface area contributed by atoms with Crippen molar-refractivity contribution in [1.82, 2.24) is 0 Å². The van der Waals surface area contributed by atoms with Gasteiger partial charge >= 0.3 is 11.7 Å². The number of carboxylic acid groups (broad SMARTS) is 1. The Morgan fingerprint density at radius 2 is 2.14 bits per heavy atom. The van der Waals surface area contributed by atoms with Crippen LogP contribution in [0.15, 0.2) is 30.3 Å². The Hall–Kier alpha value is -2.12. The number of halogens is 1. The first-order chi connectivity index (χ1) is 9.90. The number of aromatic carboxylic acids is 1. The molecule has 2 rings (SSSR count). The van der Waals surface area contributed by atoms with E-state index in [0.717, 1.165) is 4.88 Å². The van der Waals surface area contributed by atoms with Crippen molar-refractivity contribution in [3.8, 4) is 0 Å². The Balaban J connectivity index is 2.37. The zero-order valence-electron chi connectivity index (χ0n) is 10.9. The molecule has 1 unspecified atom stereocenters. The van der Waals surface area contributed by atoms with Gasteiger partial charge in [0, 0.05) is 4.88 Å². The van der Waals surface area contributed by atoms with Gasteiger partial charge in [-0.05, 0) is 31.2 Å². The highest BCUT2D eigenvalue weighted by atomic mass is 35.5. The summed E-state index contributed by atoms with van der Waals surface area (Å²) in [6.07, 6.45) is 0. The molecule has 0 amide bonds. The van der Waals surface area contributed by atoms with Crippen molar-refractivity contribution in [1.29, 1.82) is 0 Å². The van der Waals surface area contributed by atoms with E-state index in [1.165, 1.54) is 29.5 Å². The number of thiophene rings is 1. The van der Waals surface area contributed by atoms with Gasteiger partial charge in [-0.1, -0.05) is 17.7 Å². The molecular formula is C13H11ClN2O4S. The summed E-state index contributed by atoms with van der Waals surface area (Å²) in [6.45, 7) is 1.82. The predicted octanol–water partition coefficient (Wildman–Crippen LogP) is 4.18. The zero-order valence-corrected chi connectivity index (χ0v) is 12.4. The fourth-order valence-electron chi connectivity index (χ4n) is 1.89. The monoisotopic (exact) mass is 326 g/mol. The van der Waals surface area contributed by atoms with Crippen LogP contribution in [0.1, 0.15) is 28.2 Å². The Labute approximate surface area is 129 Å². The molecule has 0 fully saturated rings. The lowest BCUT2D eigenvalue weighted by Gasteiger charge is -2.14. The second kappa shape index (κ2) is 6.11. The molecule has 0 saturated heterocycles. The van der Waals surface area contributed by atoms with Crippen molar-refractivity contribution in [3.05, 3.63) is 55.2 Å². The molecule has 2 aromatic rings. The molecule has 0 aliphatic rings. The minimum Gasteiger partial charge on any atom is -0.477 e. The Morgan fingerprint density at radius 3 is 2.67 bits per heavy atom. The summed E-state index contributed by atoms with van der Waals surface area (Å²) < 4.78 is 0.618. The van der Waals surface area contributed by atoms with Crippen LogP contribution in [0.4, 0.5) is 11.4 Å². The van der Waals surface area contributed by atoms with Crippen molar-refractivity contribution < 1.29 is 14.8 Å². The lowest BCUT2D eigenvalue weighted by Crippen LogP contribution is -2.10. The molecule has 21 heavy (non-hydrogen) atoms. The summed E-state index contributed by atoms with van der Waals surface area (Å²) in [5, 5.41) is 23.2. The van der Waals surface area contributed by atoms with Crippen molar-refractivity contribution >= 4 is 40.3 Å². The zero-order chi connectivity index (χ0) is 15.6. The lowest BCUT2D eigenvalue weighted by molar-refractivity contribution is -0.384. The average molecular weight is 327 g/mol. The van der Waals surface area contributed by atoms with Gasteiger partial charge in [0.2, 0.25) is 0 Å². The van der Waals surface area contributed by atoms with Gasteiger partial charge in [0.1, 0.15) is 11.3 Å². The summed E-state index contributed by atoms with van der Waals surface area (Å²) in [5.41, 5.74) is -0.627. The van der Waals surface area contributed by atoms with E-state index in [-0.39, 0.29) is 17.3 Å². The molecule has 0 aliphatic carbocycles. The molecule has 0 aliphatic heterocycles. The molecule has 6 nitrogen and oxygen atoms in total. The number of rotatable bonds is 5. The second-order valence-electron chi connectivity index (χ2n) is 4.27. The highest BCUT2D eigenvalue weighted by Gasteiger charge is 2.25. The van der Waals surface area contributed by atoms with Crippen LogP contribution in [-0.4, -0.2) is 16.0 Å². The first-order valence-electron chi connectivity index (χ1n) is 5.92. The molecular weight excluding hydrogens is 316 g/mol. The quantitative estimate of drug-likeness (QED) is 0.635. The predicted molar refractivity (Wildman–Crippen MR) is 81.4 cm³/mol. The third-order valence-electron chi connectivity index (χ3n) is 2.84. The van der Waals surface area contributed by atoms with Gasteiger partial charge < -0.3 is 10.4 Å². The van der Waals surface area contributed by atoms with Crippen LogP contribution in [0.2, 0.25) is 4.34 Å². The molecule has 1 aromatic heterocycles. The third kappa shape index (κ3) is 3.32. The molecule has 110 valence electrons. The SMILES string of the molecule is CC(Nc1cccc(C(=O)O)c1[N+](=O)[O-])c1ccc(Cl)s1. The van der Waals surface area contributed by atoms with E-state index in [4.69, 9.17) is 16.7 Å². The number of hydrogen-bond acceptors (Lipinski definition) is 5. The maximum atomic E-state index is 11.2. The number of carboxylic acids is 1. The maximum Gasteiger partial charge on any atom is 0.342 e. The largest absolute Gasteiger partial charge is 0.477 e. The van der Waals surface area contributed by atoms with Crippen LogP contribution in [0.5, 0.6) is 0 Å². The van der Waals surface area contributed by atoms with E-state index in [2.05, 4.69) is 5.32 Å². The van der Waals surface area contributed by atoms with Crippen LogP contribution in [0.3, 0.4) is 0 Å². The number of nitrogens with zero attached hydrogens (tertiary/aromatic N) is 1. The number of nitrogens with one attached hydrogen (secondary N) is 1. The number of anilines is 1. The molecule has 1 aromatic carbocycles. The minimum atomic E-state index is -1.34. The van der Waals surface area contributed by atoms with E-state index >= 15 is 0 Å². The van der Waals surface area contributed by atoms with E-state index in [0.29, 0.717) is 4.34 Å². The molecule has 8 heteroatoms. The van der Waals surface area contributed by atoms with Gasteiger partial charge in [-0.3, -0.25) is 10.1 Å². The molecule has 0 bridgehead atoms. The normalized spacial score (nSPS) is 11.9. The van der Waals surface area contributed by atoms with E-state index < -0.39 is 16.6 Å². The average Bonchev–Trinajstić information content (AvgIpc) is 2.84. The maximum absolute atomic E-state index is 11.2. The molecule has 1 heterocycles. The van der Waals surface area contributed by atoms with Gasteiger partial charge in [0.15, 0.2) is 0 Å². The van der Waals surface area contributed by atoms with Crippen molar-refractivity contribution in [3.63, 3.8) is 0 Å². The number of hydrogen-bond donors (Lipinski definition) is 2. The van der Waals surface area contributed by atoms with E-state index in [9.17, 15) is 14.9 Å². The summed E-state index contributed by atoms with van der Waals surface area (Å²) in [6, 6.07) is 7.48. The first kappa shape index (κ1) is 15.3. The summed E-state index contributed by atoms with van der Waals surface area (Å²) >= 11 is 7.22. The summed E-state index contributed by atoms with van der Waals surface area (Å²) in [5.74, 6) is -1.34. The molecule has 0 spiro atoms. The number of nitro benzene ring substituents is 1. The van der Waals surface area contributed by atoms with Gasteiger partial charge in [-0.2, -0.15) is 0 Å². The highest BCUT2D eigenvalue weighted by molar-refractivity contribution is 7.16. The highest BCUT2D eigenvalue weighted by Crippen LogP contribution is 2.34. The van der Waals surface area contributed by atoms with Crippen LogP contribution in [0, 0.1) is 10.1 Å². The van der Waals surface area contributed by atoms with E-state index in [1.54, 1.807) is 6.07 Å². The topological polar surface area (TPSA) is 92.5 Å². The van der Waals surface area contributed by atoms with Crippen LogP contribution in [-0.2, 0) is 0 Å². The van der Waals surface area contributed by atoms with Gasteiger partial charge in [0.05, 0.1) is 15.3 Å². The van der Waals surface area contributed by atoms with Crippen LogP contribution >= 0.6 is 22.9 Å². The number of nitro groups is 1. The summed E-state index contributed by atoms with van der Waals surface area (Å²) in [7, 11) is 0. The number of benzene rings is 1. The minimum absolute atomic E-state index is 0.164. The van der Waals surface area contributed by atoms with Crippen molar-refractivity contribution in [2.24, 2.45) is 0 Å². The van der Waals surface area contributed by atoms with Gasteiger partial charge in [0.25, 0.3) is 0 Å². The van der Waals surface area contributed by atoms with Crippen molar-refractivity contribution in [2.45, 2.75) is 13.0 Å². The van der Waals surface area contributed by atoms with Gasteiger partial charge in [-0.15, -0.1) is 11.3 Å². The Bertz CT molecular complexity index is 701. The standard InChI is InChI=1S/C13H11ClN2O4S/c1-7(10-5-6-11(14)21-10)15-9-4-2-3-8(13(17)18)12(9)16(19)20/h2-7,15H,1H3,(H,17,18). The first-order valence-corrected chi connectivity index (χ1v) is 7.12. The molecule has 0 saturated carbocycles. The second-order valence-corrected chi connectivity index (χ2v) is 6.02. The summed E-state index contributed by atoms with van der Waals surface area (Å²) in [4.78, 5) is 22.4. The number of carbonyl (C=O) groups is 1. The third-order valence-corrected chi connectivity index (χ3v) is 4.26. The van der Waals surface area contributed by atoms with Crippen LogP contribution < -0.4 is 5.32 Å². The Kier molecular flexibility index (Phi) is 4.44. The molecule has 1 atom stereocenters. The van der Waals surface area contributed by atoms with Crippen molar-refractivity contribution in [2.75, 3.05) is 5.32 Å². The molecule has 2 N–H and O–H groups in total. The van der Waals surface area contributed by atoms with Gasteiger partial charge in [-0.25, -0.2) is 4.79 Å². The van der Waals surface area contributed by atoms with Crippen LogP contribution in [0.25, 0.3) is 0 Å². The fourth-order valence-corrected chi connectivity index (χ4v) is 2.96. The van der Waals surface area contributed by atoms with E-state index in [1.807, 2.05) is 13.0 Å². The smallest absolute Gasteiger partial charge is 0.342 e. The number of para-hydroxylation sites is 1. The lowest BCUT2D eigenvalue weighted by atomic mass is 10.1.